The van der Waals surface area contributed by atoms with Gasteiger partial charge in [-0.25, -0.2) is 0 Å². The normalized spacial score (nSPS) is 12.1. The largest absolute Gasteiger partial charge is 0.135 e. The van der Waals surface area contributed by atoms with Crippen molar-refractivity contribution in [1.82, 2.24) is 0 Å². The number of aryl methyl sites for hydroxylation is 4. The highest BCUT2D eigenvalue weighted by atomic mass is 32.1. The van der Waals surface area contributed by atoms with Crippen molar-refractivity contribution in [2.24, 2.45) is 0 Å². The molecule has 30 heavy (non-hydrogen) atoms. The molecule has 0 N–H and O–H groups in total. The second kappa shape index (κ2) is 7.98. The molecule has 2 heteroatoms. The minimum atomic E-state index is 1.18. The van der Waals surface area contributed by atoms with Crippen molar-refractivity contribution in [3.05, 3.63) is 58.7 Å². The third-order valence-electron chi connectivity index (χ3n) is 6.40. The van der Waals surface area contributed by atoms with Gasteiger partial charge >= 0.3 is 0 Å². The molecule has 3 aromatic carbocycles. The van der Waals surface area contributed by atoms with Gasteiger partial charge in [0.05, 0.1) is 0 Å². The Kier molecular flexibility index (Phi) is 5.33. The molecule has 0 aliphatic rings. The zero-order valence-corrected chi connectivity index (χ0v) is 20.2. The van der Waals surface area contributed by atoms with Gasteiger partial charge < -0.3 is 0 Å². The lowest BCUT2D eigenvalue weighted by molar-refractivity contribution is 0.799. The van der Waals surface area contributed by atoms with E-state index in [1.54, 1.807) is 31.3 Å². The molecule has 2 heterocycles. The van der Waals surface area contributed by atoms with Crippen LogP contribution in [0.2, 0.25) is 0 Å². The first-order chi connectivity index (χ1) is 14.6. The Morgan fingerprint density at radius 1 is 0.633 bits per heavy atom. The second-order valence-electron chi connectivity index (χ2n) is 8.78. The van der Waals surface area contributed by atoms with Gasteiger partial charge in [0.2, 0.25) is 0 Å². The lowest BCUT2D eigenvalue weighted by Crippen LogP contribution is -1.93. The molecule has 0 saturated heterocycles. The summed E-state index contributed by atoms with van der Waals surface area (Å²) >= 11 is 4.06. The van der Waals surface area contributed by atoms with Crippen LogP contribution in [0.5, 0.6) is 0 Å². The van der Waals surface area contributed by atoms with E-state index in [4.69, 9.17) is 0 Å². The van der Waals surface area contributed by atoms with Gasteiger partial charge in [-0.05, 0) is 74.9 Å². The summed E-state index contributed by atoms with van der Waals surface area (Å²) in [6.45, 7) is 9.09. The third kappa shape index (κ3) is 3.16. The SMILES string of the molecule is CCCCc1c2sc3ccc(C)cc3c2c(CCCC)c2sc3ccc(C)cc3c12. The number of hydrogen-bond acceptors (Lipinski definition) is 2. The van der Waals surface area contributed by atoms with E-state index in [1.807, 2.05) is 22.7 Å². The minimum absolute atomic E-state index is 1.18. The third-order valence-corrected chi connectivity index (χ3v) is 8.86. The highest BCUT2D eigenvalue weighted by molar-refractivity contribution is 7.28. The zero-order chi connectivity index (χ0) is 20.8. The Balaban J connectivity index is 2.00. The van der Waals surface area contributed by atoms with Crippen LogP contribution in [0.4, 0.5) is 0 Å². The Morgan fingerprint density at radius 2 is 1.07 bits per heavy atom. The number of rotatable bonds is 6. The van der Waals surface area contributed by atoms with E-state index in [1.165, 1.54) is 69.8 Å². The topological polar surface area (TPSA) is 0 Å². The Bertz CT molecular complexity index is 1270. The first-order valence-electron chi connectivity index (χ1n) is 11.4. The molecule has 0 radical (unpaired) electrons. The molecule has 0 bridgehead atoms. The fraction of sp³-hybridized carbons (Fsp3) is 0.357. The highest BCUT2D eigenvalue weighted by Crippen LogP contribution is 2.48. The molecule has 0 amide bonds. The lowest BCUT2D eigenvalue weighted by atomic mass is 9.92. The van der Waals surface area contributed by atoms with Crippen molar-refractivity contribution in [2.75, 3.05) is 0 Å². The molecule has 154 valence electrons. The summed E-state index contributed by atoms with van der Waals surface area (Å²) in [5.41, 5.74) is 5.95. The van der Waals surface area contributed by atoms with Crippen molar-refractivity contribution in [3.8, 4) is 0 Å². The van der Waals surface area contributed by atoms with Crippen LogP contribution in [0.15, 0.2) is 36.4 Å². The van der Waals surface area contributed by atoms with E-state index in [0.717, 1.165) is 0 Å². The van der Waals surface area contributed by atoms with Crippen LogP contribution in [-0.2, 0) is 12.8 Å². The molecular weight excluding hydrogens is 400 g/mol. The summed E-state index contributed by atoms with van der Waals surface area (Å²) in [4.78, 5) is 0. The van der Waals surface area contributed by atoms with Crippen LogP contribution in [0, 0.1) is 13.8 Å². The number of unbranched alkanes of at least 4 members (excludes halogenated alkanes) is 2. The molecule has 0 spiro atoms. The number of benzene rings is 3. The zero-order valence-electron chi connectivity index (χ0n) is 18.5. The van der Waals surface area contributed by atoms with E-state index in [0.29, 0.717) is 0 Å². The quantitative estimate of drug-likeness (QED) is 0.251. The predicted molar refractivity (Wildman–Crippen MR) is 139 cm³/mol. The van der Waals surface area contributed by atoms with Gasteiger partial charge in [-0.1, -0.05) is 49.9 Å². The first-order valence-corrected chi connectivity index (χ1v) is 13.0. The standard InChI is InChI=1S/C28H30S2/c1-5-7-9-19-25-21-15-17(3)11-13-23(21)30-28(25)20(10-8-6-2)26-22-16-18(4)12-14-24(22)29-27(19)26/h11-16H,5-10H2,1-4H3. The summed E-state index contributed by atoms with van der Waals surface area (Å²) in [6.07, 6.45) is 7.37. The molecule has 0 saturated carbocycles. The molecule has 5 rings (SSSR count). The van der Waals surface area contributed by atoms with E-state index < -0.39 is 0 Å². The summed E-state index contributed by atoms with van der Waals surface area (Å²) < 4.78 is 6.01. The highest BCUT2D eigenvalue weighted by Gasteiger charge is 2.21. The minimum Gasteiger partial charge on any atom is -0.135 e. The monoisotopic (exact) mass is 430 g/mol. The molecule has 0 aliphatic carbocycles. The van der Waals surface area contributed by atoms with Crippen molar-refractivity contribution in [3.63, 3.8) is 0 Å². The van der Waals surface area contributed by atoms with Crippen LogP contribution in [0.25, 0.3) is 40.3 Å². The van der Waals surface area contributed by atoms with Gasteiger partial charge in [0.15, 0.2) is 0 Å². The van der Waals surface area contributed by atoms with E-state index >= 15 is 0 Å². The predicted octanol–water partition coefficient (Wildman–Crippen LogP) is 9.72. The molecule has 0 nitrogen and oxygen atoms in total. The summed E-state index contributed by atoms with van der Waals surface area (Å²) in [5.74, 6) is 0. The average molecular weight is 431 g/mol. The maximum absolute atomic E-state index is 2.43. The Hall–Kier alpha value is -1.90. The smallest absolute Gasteiger partial charge is 0.0397 e. The molecule has 0 fully saturated rings. The maximum Gasteiger partial charge on any atom is 0.0397 e. The van der Waals surface area contributed by atoms with Crippen LogP contribution < -0.4 is 0 Å². The Labute approximate surface area is 187 Å². The van der Waals surface area contributed by atoms with Gasteiger partial charge in [-0.2, -0.15) is 0 Å². The molecular formula is C28H30S2. The van der Waals surface area contributed by atoms with E-state index in [9.17, 15) is 0 Å². The molecule has 0 atom stereocenters. The lowest BCUT2D eigenvalue weighted by Gasteiger charge is -2.12. The van der Waals surface area contributed by atoms with Crippen molar-refractivity contribution in [1.29, 1.82) is 0 Å². The van der Waals surface area contributed by atoms with Gasteiger partial charge in [0, 0.05) is 40.3 Å². The number of thiophene rings is 2. The van der Waals surface area contributed by atoms with Gasteiger partial charge in [0.25, 0.3) is 0 Å². The van der Waals surface area contributed by atoms with Crippen LogP contribution in [0.3, 0.4) is 0 Å². The van der Waals surface area contributed by atoms with E-state index in [2.05, 4.69) is 64.1 Å². The number of fused-ring (bicyclic) bond motifs is 6. The van der Waals surface area contributed by atoms with E-state index in [-0.39, 0.29) is 0 Å². The molecule has 5 aromatic rings. The average Bonchev–Trinajstić information content (AvgIpc) is 3.29. The van der Waals surface area contributed by atoms with Crippen molar-refractivity contribution < 1.29 is 0 Å². The molecule has 2 aromatic heterocycles. The summed E-state index contributed by atoms with van der Waals surface area (Å²) in [7, 11) is 0. The Morgan fingerprint density at radius 3 is 1.47 bits per heavy atom. The summed E-state index contributed by atoms with van der Waals surface area (Å²) in [6, 6.07) is 14.1. The maximum atomic E-state index is 2.43. The second-order valence-corrected chi connectivity index (χ2v) is 10.9. The van der Waals surface area contributed by atoms with Crippen LogP contribution >= 0.6 is 22.7 Å². The first kappa shape index (κ1) is 20.0. The molecule has 0 unspecified atom stereocenters. The molecule has 0 aliphatic heterocycles. The van der Waals surface area contributed by atoms with Crippen LogP contribution in [-0.4, -0.2) is 0 Å². The summed E-state index contributed by atoms with van der Waals surface area (Å²) in [5, 5.41) is 6.09. The van der Waals surface area contributed by atoms with Gasteiger partial charge in [0.1, 0.15) is 0 Å². The fourth-order valence-corrected chi connectivity index (χ4v) is 7.44. The van der Waals surface area contributed by atoms with Crippen LogP contribution in [0.1, 0.15) is 61.8 Å². The van der Waals surface area contributed by atoms with Crippen molar-refractivity contribution in [2.45, 2.75) is 66.2 Å². The fourth-order valence-electron chi connectivity index (χ4n) is 4.86. The van der Waals surface area contributed by atoms with Crippen molar-refractivity contribution >= 4 is 63.0 Å². The van der Waals surface area contributed by atoms with Gasteiger partial charge in [-0.15, -0.1) is 22.7 Å². The van der Waals surface area contributed by atoms with Gasteiger partial charge in [-0.3, -0.25) is 0 Å². The number of hydrogen-bond donors (Lipinski definition) is 0.